The lowest BCUT2D eigenvalue weighted by Gasteiger charge is -1.97. The van der Waals surface area contributed by atoms with E-state index >= 15 is 0 Å². The SMILES string of the molecule is C.Fc1ccc(-n2cc(Cl)c(I)n2)nc1.Fc1ccc(-n2ccc(I)n2)nc1. The number of halogens is 5. The molecular formula is C17H13ClF2I2N6. The zero-order chi connectivity index (χ0) is 19.4. The fraction of sp³-hybridized carbons (Fsp3) is 0.0588. The van der Waals surface area contributed by atoms with Gasteiger partial charge in [0.1, 0.15) is 19.0 Å². The quantitative estimate of drug-likeness (QED) is 0.283. The van der Waals surface area contributed by atoms with Gasteiger partial charge in [-0.05, 0) is 75.5 Å². The van der Waals surface area contributed by atoms with Crippen LogP contribution in [0.3, 0.4) is 0 Å². The van der Waals surface area contributed by atoms with Crippen molar-refractivity contribution >= 4 is 56.8 Å². The minimum Gasteiger partial charge on any atom is -0.234 e. The highest BCUT2D eigenvalue weighted by Crippen LogP contribution is 2.17. The van der Waals surface area contributed by atoms with Crippen molar-refractivity contribution in [3.63, 3.8) is 0 Å². The maximum Gasteiger partial charge on any atom is 0.153 e. The highest BCUT2D eigenvalue weighted by atomic mass is 127. The van der Waals surface area contributed by atoms with Crippen molar-refractivity contribution in [1.82, 2.24) is 29.5 Å². The molecule has 0 saturated heterocycles. The second kappa shape index (κ2) is 10.2. The summed E-state index contributed by atoms with van der Waals surface area (Å²) in [5, 5.41) is 8.78. The van der Waals surface area contributed by atoms with Crippen LogP contribution in [0.1, 0.15) is 7.43 Å². The van der Waals surface area contributed by atoms with Gasteiger partial charge in [0.05, 0.1) is 23.6 Å². The van der Waals surface area contributed by atoms with E-state index in [1.54, 1.807) is 23.1 Å². The van der Waals surface area contributed by atoms with E-state index in [1.807, 2.05) is 28.7 Å². The van der Waals surface area contributed by atoms with Gasteiger partial charge in [-0.15, -0.1) is 0 Å². The van der Waals surface area contributed by atoms with Crippen LogP contribution in [-0.4, -0.2) is 29.5 Å². The minimum absolute atomic E-state index is 0. The highest BCUT2D eigenvalue weighted by molar-refractivity contribution is 14.1. The largest absolute Gasteiger partial charge is 0.234 e. The molecule has 0 N–H and O–H groups in total. The van der Waals surface area contributed by atoms with Crippen LogP contribution in [0.15, 0.2) is 55.1 Å². The Bertz CT molecular complexity index is 1020. The molecular weight excluding hydrogens is 615 g/mol. The third kappa shape index (κ3) is 5.91. The number of hydrogen-bond acceptors (Lipinski definition) is 4. The molecule has 4 aromatic heterocycles. The molecule has 146 valence electrons. The predicted molar refractivity (Wildman–Crippen MR) is 120 cm³/mol. The van der Waals surface area contributed by atoms with Crippen LogP contribution < -0.4 is 0 Å². The molecule has 4 aromatic rings. The van der Waals surface area contributed by atoms with E-state index in [4.69, 9.17) is 11.6 Å². The molecule has 6 nitrogen and oxygen atoms in total. The van der Waals surface area contributed by atoms with Crippen molar-refractivity contribution in [3.8, 4) is 11.6 Å². The summed E-state index contributed by atoms with van der Waals surface area (Å²) in [4.78, 5) is 7.75. The number of aromatic nitrogens is 6. The summed E-state index contributed by atoms with van der Waals surface area (Å²) in [5.74, 6) is 0.438. The Morgan fingerprint density at radius 2 is 1.39 bits per heavy atom. The molecule has 0 spiro atoms. The van der Waals surface area contributed by atoms with Crippen molar-refractivity contribution in [3.05, 3.63) is 79.2 Å². The normalized spacial score (nSPS) is 10.0. The lowest BCUT2D eigenvalue weighted by Crippen LogP contribution is -1.97. The van der Waals surface area contributed by atoms with Gasteiger partial charge in [-0.2, -0.15) is 10.2 Å². The Labute approximate surface area is 192 Å². The van der Waals surface area contributed by atoms with Crippen LogP contribution in [0, 0.1) is 19.0 Å². The van der Waals surface area contributed by atoms with E-state index < -0.39 is 0 Å². The average molecular weight is 629 g/mol. The Hall–Kier alpha value is -1.67. The summed E-state index contributed by atoms with van der Waals surface area (Å²) in [6.45, 7) is 0. The summed E-state index contributed by atoms with van der Waals surface area (Å²) in [6, 6.07) is 7.65. The van der Waals surface area contributed by atoms with Gasteiger partial charge in [0, 0.05) is 6.20 Å². The summed E-state index contributed by atoms with van der Waals surface area (Å²) in [6.07, 6.45) is 5.72. The monoisotopic (exact) mass is 628 g/mol. The average Bonchev–Trinajstić information content (AvgIpc) is 3.23. The van der Waals surface area contributed by atoms with E-state index in [0.29, 0.717) is 20.4 Å². The van der Waals surface area contributed by atoms with Gasteiger partial charge in [-0.1, -0.05) is 19.0 Å². The molecule has 28 heavy (non-hydrogen) atoms. The number of rotatable bonds is 2. The van der Waals surface area contributed by atoms with Crippen molar-refractivity contribution in [2.24, 2.45) is 0 Å². The Morgan fingerprint density at radius 1 is 0.821 bits per heavy atom. The molecule has 0 bridgehead atoms. The lowest BCUT2D eigenvalue weighted by atomic mass is 10.4. The molecule has 0 aliphatic carbocycles. The smallest absolute Gasteiger partial charge is 0.153 e. The molecule has 11 heteroatoms. The highest BCUT2D eigenvalue weighted by Gasteiger charge is 2.05. The molecule has 0 aliphatic heterocycles. The van der Waals surface area contributed by atoms with Gasteiger partial charge in [0.25, 0.3) is 0 Å². The van der Waals surface area contributed by atoms with Gasteiger partial charge >= 0.3 is 0 Å². The van der Waals surface area contributed by atoms with Gasteiger partial charge in [-0.3, -0.25) is 0 Å². The molecule has 4 rings (SSSR count). The molecule has 0 amide bonds. The van der Waals surface area contributed by atoms with E-state index in [1.165, 1.54) is 29.1 Å². The van der Waals surface area contributed by atoms with Crippen molar-refractivity contribution in [2.45, 2.75) is 7.43 Å². The van der Waals surface area contributed by atoms with Crippen LogP contribution in [0.5, 0.6) is 0 Å². The van der Waals surface area contributed by atoms with E-state index in [9.17, 15) is 8.78 Å². The number of hydrogen-bond donors (Lipinski definition) is 0. The van der Waals surface area contributed by atoms with E-state index in [2.05, 4.69) is 42.8 Å². The first kappa shape index (κ1) is 22.6. The van der Waals surface area contributed by atoms with Crippen molar-refractivity contribution in [2.75, 3.05) is 0 Å². The number of pyridine rings is 2. The third-order valence-corrected chi connectivity index (χ3v) is 5.05. The lowest BCUT2D eigenvalue weighted by molar-refractivity contribution is 0.618. The summed E-state index contributed by atoms with van der Waals surface area (Å²) >= 11 is 9.93. The van der Waals surface area contributed by atoms with Crippen LogP contribution in [0.25, 0.3) is 11.6 Å². The fourth-order valence-corrected chi connectivity index (χ4v) is 2.78. The zero-order valence-corrected chi connectivity index (χ0v) is 18.3. The van der Waals surface area contributed by atoms with Crippen molar-refractivity contribution < 1.29 is 8.78 Å². The summed E-state index contributed by atoms with van der Waals surface area (Å²) < 4.78 is 29.8. The standard InChI is InChI=1S/C8H4ClFIN3.C8H5FIN3.CH4/c9-6-4-14(13-8(6)11)7-2-1-5(10)3-12-7;9-6-1-2-8(11-5-6)13-4-3-7(10)12-13;/h1-4H;1-5H;1H4. The first-order valence-electron chi connectivity index (χ1n) is 7.28. The van der Waals surface area contributed by atoms with Crippen LogP contribution in [0.4, 0.5) is 8.78 Å². The van der Waals surface area contributed by atoms with Crippen LogP contribution in [-0.2, 0) is 0 Å². The molecule has 4 heterocycles. The number of nitrogens with zero attached hydrogens (tertiary/aromatic N) is 6. The van der Waals surface area contributed by atoms with Crippen molar-refractivity contribution in [1.29, 1.82) is 0 Å². The maximum absolute atomic E-state index is 12.6. The Kier molecular flexibility index (Phi) is 8.24. The molecule has 0 radical (unpaired) electrons. The fourth-order valence-electron chi connectivity index (χ4n) is 1.89. The van der Waals surface area contributed by atoms with Gasteiger partial charge in [0.15, 0.2) is 11.6 Å². The summed E-state index contributed by atoms with van der Waals surface area (Å²) in [5.41, 5.74) is 0. The first-order valence-corrected chi connectivity index (χ1v) is 9.81. The molecule has 0 aromatic carbocycles. The molecule has 0 unspecified atom stereocenters. The molecule has 0 atom stereocenters. The van der Waals surface area contributed by atoms with Gasteiger partial charge in [0.2, 0.25) is 0 Å². The van der Waals surface area contributed by atoms with Crippen LogP contribution in [0.2, 0.25) is 5.02 Å². The second-order valence-corrected chi connectivity index (χ2v) is 7.50. The van der Waals surface area contributed by atoms with E-state index in [-0.39, 0.29) is 19.1 Å². The maximum atomic E-state index is 12.6. The topological polar surface area (TPSA) is 61.4 Å². The zero-order valence-electron chi connectivity index (χ0n) is 13.3. The van der Waals surface area contributed by atoms with Gasteiger partial charge < -0.3 is 0 Å². The van der Waals surface area contributed by atoms with Crippen LogP contribution >= 0.6 is 56.8 Å². The first-order chi connectivity index (χ1) is 12.9. The molecule has 0 saturated carbocycles. The van der Waals surface area contributed by atoms with Gasteiger partial charge in [-0.25, -0.2) is 28.1 Å². The molecule has 0 aliphatic rings. The minimum atomic E-state index is -0.373. The Balaban J connectivity index is 0.000000194. The Morgan fingerprint density at radius 3 is 1.79 bits per heavy atom. The third-order valence-electron chi connectivity index (χ3n) is 3.08. The predicted octanol–water partition coefficient (Wildman–Crippen LogP) is 5.31. The molecule has 0 fully saturated rings. The van der Waals surface area contributed by atoms with E-state index in [0.717, 1.165) is 9.90 Å². The second-order valence-electron chi connectivity index (χ2n) is 4.96. The summed E-state index contributed by atoms with van der Waals surface area (Å²) in [7, 11) is 0.